The molecule has 0 radical (unpaired) electrons. The number of nitrogens with zero attached hydrogens (tertiary/aromatic N) is 5. The van der Waals surface area contributed by atoms with Crippen molar-refractivity contribution >= 4 is 44.4 Å². The molecule has 9 nitrogen and oxygen atoms in total. The lowest BCUT2D eigenvalue weighted by molar-refractivity contribution is 0.235. The van der Waals surface area contributed by atoms with E-state index >= 15 is 4.39 Å². The Labute approximate surface area is 289 Å². The van der Waals surface area contributed by atoms with Crippen LogP contribution in [0.2, 0.25) is 0 Å². The molecule has 1 fully saturated rings. The average molecular weight is 730 g/mol. The van der Waals surface area contributed by atoms with Crippen LogP contribution in [0.5, 0.6) is 0 Å². The predicted molar refractivity (Wildman–Crippen MR) is 184 cm³/mol. The number of sulfonamides is 1. The van der Waals surface area contributed by atoms with Gasteiger partial charge in [-0.25, -0.2) is 45.3 Å². The molecule has 6 rings (SSSR count). The fourth-order valence-electron chi connectivity index (χ4n) is 5.49. The monoisotopic (exact) mass is 729 g/mol. The minimum Gasteiger partial charge on any atom is -0.367 e. The van der Waals surface area contributed by atoms with Crippen LogP contribution in [-0.2, 0) is 10.0 Å². The van der Waals surface area contributed by atoms with Crippen molar-refractivity contribution in [3.63, 3.8) is 0 Å². The largest absolute Gasteiger partial charge is 0.367 e. The summed E-state index contributed by atoms with van der Waals surface area (Å²) < 4.78 is 99.4. The number of rotatable bonds is 11. The van der Waals surface area contributed by atoms with E-state index in [0.29, 0.717) is 70.9 Å². The summed E-state index contributed by atoms with van der Waals surface area (Å²) >= 11 is 1.33. The molecule has 0 amide bonds. The number of hydrogen-bond donors (Lipinski definition) is 2. The third-order valence-electron chi connectivity index (χ3n) is 8.02. The van der Waals surface area contributed by atoms with Crippen LogP contribution in [0.4, 0.5) is 45.0 Å². The van der Waals surface area contributed by atoms with Crippen molar-refractivity contribution < 1.29 is 30.4 Å². The second-order valence-corrected chi connectivity index (χ2v) is 14.5. The highest BCUT2D eigenvalue weighted by Gasteiger charge is 2.26. The summed E-state index contributed by atoms with van der Waals surface area (Å²) in [5.74, 6) is -3.90. The molecule has 1 aliphatic rings. The Balaban J connectivity index is 1.27. The molecular formula is C34H32F5N7O2S2. The first-order chi connectivity index (χ1) is 23.9. The van der Waals surface area contributed by atoms with Crippen molar-refractivity contribution in [2.24, 2.45) is 0 Å². The molecule has 16 heteroatoms. The second-order valence-electron chi connectivity index (χ2n) is 11.8. The van der Waals surface area contributed by atoms with E-state index in [1.165, 1.54) is 35.7 Å². The van der Waals surface area contributed by atoms with E-state index in [1.807, 2.05) is 28.4 Å². The smallest absolute Gasteiger partial charge is 0.267 e. The molecule has 0 aliphatic carbocycles. The van der Waals surface area contributed by atoms with Gasteiger partial charge in [0.15, 0.2) is 4.90 Å². The van der Waals surface area contributed by atoms with E-state index in [9.17, 15) is 26.0 Å². The number of hydrogen-bond acceptors (Lipinski definition) is 9. The highest BCUT2D eigenvalue weighted by molar-refractivity contribution is 7.92. The number of nitrogens with one attached hydrogen (secondary N) is 2. The number of aromatic nitrogens is 3. The Morgan fingerprint density at radius 3 is 2.30 bits per heavy atom. The number of halogens is 5. The topological polar surface area (TPSA) is 103 Å². The van der Waals surface area contributed by atoms with E-state index in [-0.39, 0.29) is 11.9 Å². The Morgan fingerprint density at radius 2 is 1.62 bits per heavy atom. The van der Waals surface area contributed by atoms with Gasteiger partial charge in [-0.05, 0) is 54.6 Å². The Hall–Kier alpha value is -4.67. The third-order valence-corrected chi connectivity index (χ3v) is 10.8. The zero-order valence-corrected chi connectivity index (χ0v) is 28.6. The molecule has 0 saturated carbocycles. The van der Waals surface area contributed by atoms with Gasteiger partial charge < -0.3 is 10.2 Å². The zero-order valence-electron chi connectivity index (χ0n) is 26.9. The fraction of sp³-hybridized carbons (Fsp3) is 0.265. The summed E-state index contributed by atoms with van der Waals surface area (Å²) in [4.78, 5) is 16.9. The number of anilines is 4. The quantitative estimate of drug-likeness (QED) is 0.134. The summed E-state index contributed by atoms with van der Waals surface area (Å²) in [6.45, 7) is 6.27. The zero-order chi connectivity index (χ0) is 35.6. The summed E-state index contributed by atoms with van der Waals surface area (Å²) in [6, 6.07) is 12.6. The van der Waals surface area contributed by atoms with Gasteiger partial charge in [0, 0.05) is 56.1 Å². The molecule has 0 spiro atoms. The van der Waals surface area contributed by atoms with Crippen molar-refractivity contribution in [1.29, 1.82) is 0 Å². The van der Waals surface area contributed by atoms with E-state index in [0.717, 1.165) is 24.3 Å². The Morgan fingerprint density at radius 1 is 0.880 bits per heavy atom. The van der Waals surface area contributed by atoms with Crippen molar-refractivity contribution in [3.05, 3.63) is 95.1 Å². The SMILES string of the molecule is CC(C)c1nc(-c2ccc(F)c(NS(=O)(=O)c3c(F)cccc3F)c2)c(-c2ccnc(Nc3ccc(N4CCN(CCF)CC4)c(F)c3)n2)s1. The van der Waals surface area contributed by atoms with Crippen LogP contribution in [0.15, 0.2) is 71.8 Å². The molecule has 0 unspecified atom stereocenters. The molecule has 5 aromatic rings. The lowest BCUT2D eigenvalue weighted by Crippen LogP contribution is -2.47. The van der Waals surface area contributed by atoms with Crippen LogP contribution in [-0.4, -0.2) is 67.7 Å². The van der Waals surface area contributed by atoms with Crippen LogP contribution in [0.1, 0.15) is 24.8 Å². The Kier molecular flexibility index (Phi) is 10.3. The van der Waals surface area contributed by atoms with E-state index in [1.54, 1.807) is 18.2 Å². The molecule has 0 bridgehead atoms. The molecule has 1 aliphatic heterocycles. The summed E-state index contributed by atoms with van der Waals surface area (Å²) in [5.41, 5.74) is 1.43. The lowest BCUT2D eigenvalue weighted by Gasteiger charge is -2.35. The van der Waals surface area contributed by atoms with Crippen LogP contribution >= 0.6 is 11.3 Å². The summed E-state index contributed by atoms with van der Waals surface area (Å²) in [7, 11) is -4.85. The number of benzene rings is 3. The molecule has 50 heavy (non-hydrogen) atoms. The van der Waals surface area contributed by atoms with Gasteiger partial charge in [0.05, 0.1) is 32.6 Å². The van der Waals surface area contributed by atoms with Crippen molar-refractivity contribution in [3.8, 4) is 21.8 Å². The van der Waals surface area contributed by atoms with E-state index in [2.05, 4.69) is 15.3 Å². The standard InChI is InChI=1S/C34H32F5N7O2S2/c1-20(2)33-43-30(21-6-8-23(36)28(18-21)44-50(47,48)32-24(37)4-3-5-25(32)38)31(49-33)27-10-12-40-34(42-27)41-22-7-9-29(26(39)19-22)46-16-14-45(13-11-35)15-17-46/h3-10,12,18-20,44H,11,13-17H2,1-2H3,(H,40,41,42). The van der Waals surface area contributed by atoms with Gasteiger partial charge in [0.2, 0.25) is 5.95 Å². The van der Waals surface area contributed by atoms with E-state index in [4.69, 9.17) is 4.98 Å². The normalized spacial score (nSPS) is 14.0. The van der Waals surface area contributed by atoms with Crippen molar-refractivity contribution in [1.82, 2.24) is 19.9 Å². The minimum atomic E-state index is -4.85. The Bertz CT molecular complexity index is 2100. The van der Waals surface area contributed by atoms with Gasteiger partial charge >= 0.3 is 0 Å². The first kappa shape index (κ1) is 35.2. The maximum Gasteiger partial charge on any atom is 0.267 e. The fourth-order valence-corrected chi connectivity index (χ4v) is 7.74. The van der Waals surface area contributed by atoms with Crippen LogP contribution in [0.25, 0.3) is 21.8 Å². The lowest BCUT2D eigenvalue weighted by atomic mass is 10.1. The number of piperazine rings is 1. The first-order valence-corrected chi connectivity index (χ1v) is 17.9. The number of thiazole rings is 1. The second kappa shape index (κ2) is 14.7. The molecule has 3 aromatic carbocycles. The van der Waals surface area contributed by atoms with Gasteiger partial charge in [-0.2, -0.15) is 0 Å². The molecule has 0 atom stereocenters. The highest BCUT2D eigenvalue weighted by Crippen LogP contribution is 2.40. The van der Waals surface area contributed by atoms with Crippen molar-refractivity contribution in [2.45, 2.75) is 24.7 Å². The van der Waals surface area contributed by atoms with Gasteiger partial charge in [0.25, 0.3) is 10.0 Å². The molecule has 2 aromatic heterocycles. The average Bonchev–Trinajstić information content (AvgIpc) is 3.53. The first-order valence-electron chi connectivity index (χ1n) is 15.6. The predicted octanol–water partition coefficient (Wildman–Crippen LogP) is 7.58. The molecular weight excluding hydrogens is 698 g/mol. The molecule has 2 N–H and O–H groups in total. The minimum absolute atomic E-state index is 0.0115. The van der Waals surface area contributed by atoms with Crippen LogP contribution in [0, 0.1) is 23.3 Å². The van der Waals surface area contributed by atoms with Crippen molar-refractivity contribution in [2.75, 3.05) is 54.3 Å². The highest BCUT2D eigenvalue weighted by atomic mass is 32.2. The van der Waals surface area contributed by atoms with Gasteiger partial charge in [0.1, 0.15) is 29.9 Å². The van der Waals surface area contributed by atoms with Gasteiger partial charge in [-0.1, -0.05) is 19.9 Å². The molecule has 262 valence electrons. The third kappa shape index (κ3) is 7.56. The van der Waals surface area contributed by atoms with E-state index < -0.39 is 50.5 Å². The van der Waals surface area contributed by atoms with Crippen LogP contribution < -0.4 is 14.9 Å². The maximum atomic E-state index is 15.2. The molecule has 3 heterocycles. The summed E-state index contributed by atoms with van der Waals surface area (Å²) in [6.07, 6.45) is 1.51. The van der Waals surface area contributed by atoms with Gasteiger partial charge in [-0.3, -0.25) is 9.62 Å². The summed E-state index contributed by atoms with van der Waals surface area (Å²) in [5, 5.41) is 3.74. The number of alkyl halides is 1. The van der Waals surface area contributed by atoms with Gasteiger partial charge in [-0.15, -0.1) is 11.3 Å². The maximum absolute atomic E-state index is 15.2. The van der Waals surface area contributed by atoms with Crippen LogP contribution in [0.3, 0.4) is 0 Å². The molecule has 1 saturated heterocycles.